The highest BCUT2D eigenvalue weighted by Gasteiger charge is 2.40. The van der Waals surface area contributed by atoms with Gasteiger partial charge in [-0.15, -0.1) is 22.7 Å². The van der Waals surface area contributed by atoms with E-state index in [1.165, 1.54) is 11.3 Å². The molecule has 0 spiro atoms. The summed E-state index contributed by atoms with van der Waals surface area (Å²) in [5, 5.41) is 8.93. The van der Waals surface area contributed by atoms with Crippen LogP contribution in [0, 0.1) is 13.8 Å². The third-order valence-corrected chi connectivity index (χ3v) is 4.40. The minimum Gasteiger partial charge on any atom is -0.477 e. The third-order valence-electron chi connectivity index (χ3n) is 2.36. The van der Waals surface area contributed by atoms with Crippen LogP contribution in [0.25, 0.3) is 10.6 Å². The Morgan fingerprint density at radius 2 is 1.95 bits per heavy atom. The molecular weight excluding hydrogens is 299 g/mol. The minimum absolute atomic E-state index is 0.0894. The zero-order valence-corrected chi connectivity index (χ0v) is 11.5. The number of aromatic nitrogens is 1. The first-order chi connectivity index (χ1) is 8.70. The molecule has 0 aliphatic rings. The fraction of sp³-hybridized carbons (Fsp3) is 0.273. The van der Waals surface area contributed by atoms with Gasteiger partial charge < -0.3 is 5.11 Å². The molecule has 2 heterocycles. The van der Waals surface area contributed by atoms with Crippen LogP contribution in [0.15, 0.2) is 6.07 Å². The Labute approximate surface area is 114 Å². The molecule has 1 N–H and O–H groups in total. The van der Waals surface area contributed by atoms with Crippen LogP contribution >= 0.6 is 22.7 Å². The van der Waals surface area contributed by atoms with Gasteiger partial charge in [-0.1, -0.05) is 0 Å². The Kier molecular flexibility index (Phi) is 3.40. The van der Waals surface area contributed by atoms with Crippen molar-refractivity contribution in [2.24, 2.45) is 0 Å². The Bertz CT molecular complexity index is 643. The van der Waals surface area contributed by atoms with Gasteiger partial charge in [-0.2, -0.15) is 13.2 Å². The Hall–Kier alpha value is -1.41. The highest BCUT2D eigenvalue weighted by atomic mass is 32.1. The lowest BCUT2D eigenvalue weighted by Crippen LogP contribution is -2.11. The number of thiophene rings is 1. The molecule has 0 aliphatic carbocycles. The minimum atomic E-state index is -4.76. The molecule has 2 aromatic rings. The normalized spacial score (nSPS) is 11.8. The highest BCUT2D eigenvalue weighted by molar-refractivity contribution is 7.18. The van der Waals surface area contributed by atoms with E-state index in [1.807, 2.05) is 6.92 Å². The van der Waals surface area contributed by atoms with Gasteiger partial charge in [0.25, 0.3) is 0 Å². The maximum atomic E-state index is 12.7. The molecule has 0 bridgehead atoms. The maximum Gasteiger partial charge on any atom is 0.435 e. The molecule has 0 atom stereocenters. The van der Waals surface area contributed by atoms with Gasteiger partial charge in [-0.3, -0.25) is 0 Å². The Balaban J connectivity index is 2.61. The molecule has 102 valence electrons. The lowest BCUT2D eigenvalue weighted by molar-refractivity contribution is -0.141. The molecule has 0 amide bonds. The van der Waals surface area contributed by atoms with Crippen LogP contribution in [0.3, 0.4) is 0 Å². The number of aromatic carboxylic acids is 1. The predicted molar refractivity (Wildman–Crippen MR) is 66.9 cm³/mol. The lowest BCUT2D eigenvalue weighted by Gasteiger charge is -2.02. The summed E-state index contributed by atoms with van der Waals surface area (Å²) in [6, 6.07) is 1.71. The summed E-state index contributed by atoms with van der Waals surface area (Å²) in [5.74, 6) is -1.61. The number of aryl methyl sites for hydroxylation is 2. The van der Waals surface area contributed by atoms with Gasteiger partial charge in [0.2, 0.25) is 0 Å². The molecule has 0 radical (unpaired) electrons. The molecule has 19 heavy (non-hydrogen) atoms. The van der Waals surface area contributed by atoms with Crippen molar-refractivity contribution in [2.75, 3.05) is 0 Å². The van der Waals surface area contributed by atoms with E-state index < -0.39 is 22.7 Å². The zero-order chi connectivity index (χ0) is 14.4. The van der Waals surface area contributed by atoms with E-state index in [1.54, 1.807) is 13.0 Å². The Morgan fingerprint density at radius 3 is 2.32 bits per heavy atom. The van der Waals surface area contributed by atoms with Crippen LogP contribution in [-0.4, -0.2) is 16.1 Å². The van der Waals surface area contributed by atoms with Crippen molar-refractivity contribution in [2.45, 2.75) is 20.0 Å². The van der Waals surface area contributed by atoms with E-state index in [0.29, 0.717) is 16.9 Å². The van der Waals surface area contributed by atoms with Crippen molar-refractivity contribution in [3.63, 3.8) is 0 Å². The van der Waals surface area contributed by atoms with Gasteiger partial charge >= 0.3 is 12.1 Å². The molecule has 0 aliphatic heterocycles. The third kappa shape index (κ3) is 2.64. The van der Waals surface area contributed by atoms with Gasteiger partial charge in [0.05, 0.1) is 0 Å². The van der Waals surface area contributed by atoms with Gasteiger partial charge in [-0.05, 0) is 19.9 Å². The van der Waals surface area contributed by atoms with E-state index in [-0.39, 0.29) is 5.01 Å². The standard InChI is InChI=1S/C11H8F3NO2S2/c1-4-3-6(5(2)18-4)9-15-8(11(12,13)14)7(19-9)10(16)17/h3H,1-2H3,(H,16,17). The molecule has 0 unspecified atom stereocenters. The van der Waals surface area contributed by atoms with Crippen molar-refractivity contribution in [1.82, 2.24) is 4.98 Å². The maximum absolute atomic E-state index is 12.7. The molecule has 2 aromatic heterocycles. The summed E-state index contributed by atoms with van der Waals surface area (Å²) >= 11 is 1.98. The van der Waals surface area contributed by atoms with E-state index in [0.717, 1.165) is 9.75 Å². The number of hydrogen-bond acceptors (Lipinski definition) is 4. The van der Waals surface area contributed by atoms with E-state index in [4.69, 9.17) is 5.11 Å². The summed E-state index contributed by atoms with van der Waals surface area (Å²) in [6.45, 7) is 3.60. The molecular formula is C11H8F3NO2S2. The summed E-state index contributed by atoms with van der Waals surface area (Å²) in [4.78, 5) is 15.3. The number of carboxylic acid groups (broad SMARTS) is 1. The van der Waals surface area contributed by atoms with Crippen molar-refractivity contribution in [1.29, 1.82) is 0 Å². The number of rotatable bonds is 2. The van der Waals surface area contributed by atoms with E-state index in [9.17, 15) is 18.0 Å². The van der Waals surface area contributed by atoms with Gasteiger partial charge in [0.1, 0.15) is 9.88 Å². The number of thiazole rings is 1. The quantitative estimate of drug-likeness (QED) is 0.904. The summed E-state index contributed by atoms with van der Waals surface area (Å²) in [6.07, 6.45) is -4.76. The fourth-order valence-corrected chi connectivity index (χ4v) is 3.60. The van der Waals surface area contributed by atoms with Gasteiger partial charge in [0.15, 0.2) is 5.69 Å². The van der Waals surface area contributed by atoms with E-state index >= 15 is 0 Å². The molecule has 8 heteroatoms. The molecule has 0 saturated heterocycles. The van der Waals surface area contributed by atoms with Crippen LogP contribution in [0.2, 0.25) is 0 Å². The van der Waals surface area contributed by atoms with Gasteiger partial charge in [-0.25, -0.2) is 9.78 Å². The van der Waals surface area contributed by atoms with Crippen molar-refractivity contribution >= 4 is 28.6 Å². The molecule has 3 nitrogen and oxygen atoms in total. The van der Waals surface area contributed by atoms with Crippen LogP contribution in [-0.2, 0) is 6.18 Å². The lowest BCUT2D eigenvalue weighted by atomic mass is 10.2. The number of carboxylic acids is 1. The van der Waals surface area contributed by atoms with Crippen molar-refractivity contribution in [3.8, 4) is 10.6 Å². The topological polar surface area (TPSA) is 50.2 Å². The largest absolute Gasteiger partial charge is 0.477 e. The molecule has 2 rings (SSSR count). The zero-order valence-electron chi connectivity index (χ0n) is 9.83. The SMILES string of the molecule is Cc1cc(-c2nc(C(F)(F)F)c(C(=O)O)s2)c(C)s1. The summed E-state index contributed by atoms with van der Waals surface area (Å²) in [5.41, 5.74) is -0.770. The van der Waals surface area contributed by atoms with Crippen LogP contribution in [0.1, 0.15) is 25.1 Å². The van der Waals surface area contributed by atoms with Crippen LogP contribution in [0.5, 0.6) is 0 Å². The first-order valence-electron chi connectivity index (χ1n) is 5.09. The number of carbonyl (C=O) groups is 1. The second kappa shape index (κ2) is 4.61. The summed E-state index contributed by atoms with van der Waals surface area (Å²) in [7, 11) is 0. The van der Waals surface area contributed by atoms with Gasteiger partial charge in [0, 0.05) is 15.3 Å². The smallest absolute Gasteiger partial charge is 0.435 e. The number of halogens is 3. The van der Waals surface area contributed by atoms with Crippen molar-refractivity contribution in [3.05, 3.63) is 26.4 Å². The summed E-state index contributed by atoms with van der Waals surface area (Å²) < 4.78 is 38.2. The van der Waals surface area contributed by atoms with Crippen LogP contribution < -0.4 is 0 Å². The number of alkyl halides is 3. The monoisotopic (exact) mass is 307 g/mol. The van der Waals surface area contributed by atoms with Crippen LogP contribution in [0.4, 0.5) is 13.2 Å². The fourth-order valence-electron chi connectivity index (χ4n) is 1.62. The first-order valence-corrected chi connectivity index (χ1v) is 6.72. The number of nitrogens with zero attached hydrogens (tertiary/aromatic N) is 1. The second-order valence-electron chi connectivity index (χ2n) is 3.83. The second-order valence-corrected chi connectivity index (χ2v) is 6.29. The first kappa shape index (κ1) is 14.0. The van der Waals surface area contributed by atoms with Crippen molar-refractivity contribution < 1.29 is 23.1 Å². The molecule has 0 aromatic carbocycles. The number of hydrogen-bond donors (Lipinski definition) is 1. The Morgan fingerprint density at radius 1 is 1.32 bits per heavy atom. The average Bonchev–Trinajstić information content (AvgIpc) is 2.80. The molecule has 0 fully saturated rings. The molecule has 0 saturated carbocycles. The average molecular weight is 307 g/mol. The highest BCUT2D eigenvalue weighted by Crippen LogP contribution is 2.40. The van der Waals surface area contributed by atoms with E-state index in [2.05, 4.69) is 4.98 Å². The predicted octanol–water partition coefficient (Wildman–Crippen LogP) is 4.21.